The average Bonchev–Trinajstić information content (AvgIpc) is 3.13. The molecule has 0 bridgehead atoms. The number of carbonyl (C=O) groups is 2. The topological polar surface area (TPSA) is 61.2 Å². The SMILES string of the molecule is CCN1CCN(C(=O)c2nc(C(=O)N3CCCCC3)n3ccccc23)CC1. The number of rotatable bonds is 3. The predicted octanol–water partition coefficient (Wildman–Crippen LogP) is 1.74. The number of nitrogens with zero attached hydrogens (tertiary/aromatic N) is 5. The lowest BCUT2D eigenvalue weighted by molar-refractivity contribution is 0.0640. The number of pyridine rings is 1. The number of hydrogen-bond acceptors (Lipinski definition) is 4. The summed E-state index contributed by atoms with van der Waals surface area (Å²) in [5, 5.41) is 0. The van der Waals surface area contributed by atoms with Crippen LogP contribution in [0.4, 0.5) is 0 Å². The van der Waals surface area contributed by atoms with Gasteiger partial charge in [0.2, 0.25) is 5.82 Å². The van der Waals surface area contributed by atoms with Crippen molar-refractivity contribution in [3.63, 3.8) is 0 Å². The molecule has 4 heterocycles. The molecule has 0 atom stereocenters. The molecule has 0 N–H and O–H groups in total. The van der Waals surface area contributed by atoms with Crippen LogP contribution in [0.15, 0.2) is 24.4 Å². The third kappa shape index (κ3) is 3.43. The van der Waals surface area contributed by atoms with Crippen LogP contribution in [0.1, 0.15) is 47.3 Å². The van der Waals surface area contributed by atoms with E-state index in [-0.39, 0.29) is 11.8 Å². The van der Waals surface area contributed by atoms with Crippen molar-refractivity contribution < 1.29 is 9.59 Å². The summed E-state index contributed by atoms with van der Waals surface area (Å²) in [6.07, 6.45) is 5.05. The summed E-state index contributed by atoms with van der Waals surface area (Å²) >= 11 is 0. The molecule has 2 aromatic rings. The number of amides is 2. The van der Waals surface area contributed by atoms with E-state index in [4.69, 9.17) is 0 Å². The van der Waals surface area contributed by atoms with Crippen LogP contribution in [0, 0.1) is 0 Å². The van der Waals surface area contributed by atoms with Gasteiger partial charge in [-0.15, -0.1) is 0 Å². The van der Waals surface area contributed by atoms with Gasteiger partial charge in [-0.2, -0.15) is 0 Å². The quantitative estimate of drug-likeness (QED) is 0.827. The molecule has 0 saturated carbocycles. The molecule has 2 fully saturated rings. The van der Waals surface area contributed by atoms with Crippen LogP contribution in [-0.4, -0.2) is 81.7 Å². The third-order valence-corrected chi connectivity index (χ3v) is 5.69. The van der Waals surface area contributed by atoms with Crippen LogP contribution >= 0.6 is 0 Å². The van der Waals surface area contributed by atoms with Crippen molar-refractivity contribution in [2.75, 3.05) is 45.8 Å². The molecule has 144 valence electrons. The number of likely N-dealkylation sites (tertiary alicyclic amines) is 1. The molecular weight excluding hydrogens is 342 g/mol. The molecular formula is C20H27N5O2. The maximum atomic E-state index is 13.1. The molecule has 27 heavy (non-hydrogen) atoms. The first-order valence-electron chi connectivity index (χ1n) is 9.97. The number of aromatic nitrogens is 2. The van der Waals surface area contributed by atoms with Gasteiger partial charge in [0.25, 0.3) is 11.8 Å². The zero-order chi connectivity index (χ0) is 18.8. The highest BCUT2D eigenvalue weighted by atomic mass is 16.2. The molecule has 2 aliphatic heterocycles. The minimum atomic E-state index is -0.0780. The number of carbonyl (C=O) groups excluding carboxylic acids is 2. The lowest BCUT2D eigenvalue weighted by Gasteiger charge is -2.33. The fraction of sp³-hybridized carbons (Fsp3) is 0.550. The summed E-state index contributed by atoms with van der Waals surface area (Å²) in [6, 6.07) is 5.63. The van der Waals surface area contributed by atoms with E-state index in [0.29, 0.717) is 30.1 Å². The first kappa shape index (κ1) is 18.0. The number of piperazine rings is 1. The van der Waals surface area contributed by atoms with Gasteiger partial charge in [0.1, 0.15) is 0 Å². The highest BCUT2D eigenvalue weighted by molar-refractivity contribution is 6.02. The first-order chi connectivity index (χ1) is 13.2. The monoisotopic (exact) mass is 369 g/mol. The lowest BCUT2D eigenvalue weighted by atomic mass is 10.1. The van der Waals surface area contributed by atoms with Crippen LogP contribution in [0.3, 0.4) is 0 Å². The van der Waals surface area contributed by atoms with E-state index in [1.807, 2.05) is 34.2 Å². The molecule has 0 radical (unpaired) electrons. The number of piperidine rings is 1. The van der Waals surface area contributed by atoms with Gasteiger partial charge in [-0.3, -0.25) is 14.0 Å². The molecule has 2 aromatic heterocycles. The highest BCUT2D eigenvalue weighted by Gasteiger charge is 2.29. The van der Waals surface area contributed by atoms with Crippen molar-refractivity contribution in [3.05, 3.63) is 35.9 Å². The van der Waals surface area contributed by atoms with Crippen LogP contribution in [0.5, 0.6) is 0 Å². The number of hydrogen-bond donors (Lipinski definition) is 0. The van der Waals surface area contributed by atoms with Gasteiger partial charge < -0.3 is 14.7 Å². The van der Waals surface area contributed by atoms with Crippen molar-refractivity contribution in [2.24, 2.45) is 0 Å². The second-order valence-corrected chi connectivity index (χ2v) is 7.32. The molecule has 2 amide bonds. The van der Waals surface area contributed by atoms with E-state index < -0.39 is 0 Å². The van der Waals surface area contributed by atoms with Gasteiger partial charge in [0.15, 0.2) is 5.69 Å². The van der Waals surface area contributed by atoms with Crippen LogP contribution in [0.2, 0.25) is 0 Å². The molecule has 7 nitrogen and oxygen atoms in total. The highest BCUT2D eigenvalue weighted by Crippen LogP contribution is 2.19. The van der Waals surface area contributed by atoms with Gasteiger partial charge in [0, 0.05) is 45.5 Å². The Kier molecular flexibility index (Phi) is 5.11. The smallest absolute Gasteiger partial charge is 0.290 e. The zero-order valence-electron chi connectivity index (χ0n) is 15.9. The first-order valence-corrected chi connectivity index (χ1v) is 9.97. The number of likely N-dealkylation sites (N-methyl/N-ethyl adjacent to an activating group) is 1. The van der Waals surface area contributed by atoms with E-state index in [9.17, 15) is 9.59 Å². The molecule has 2 aliphatic rings. The Balaban J connectivity index is 1.63. The Morgan fingerprint density at radius 2 is 1.63 bits per heavy atom. The van der Waals surface area contributed by atoms with E-state index in [1.165, 1.54) is 6.42 Å². The van der Waals surface area contributed by atoms with Crippen molar-refractivity contribution in [1.29, 1.82) is 0 Å². The zero-order valence-corrected chi connectivity index (χ0v) is 15.9. The molecule has 0 aliphatic carbocycles. The summed E-state index contributed by atoms with van der Waals surface area (Å²) in [5.41, 5.74) is 1.10. The van der Waals surface area contributed by atoms with E-state index >= 15 is 0 Å². The second-order valence-electron chi connectivity index (χ2n) is 7.32. The Morgan fingerprint density at radius 1 is 0.926 bits per heavy atom. The van der Waals surface area contributed by atoms with Crippen molar-refractivity contribution in [1.82, 2.24) is 24.1 Å². The maximum absolute atomic E-state index is 13.1. The largest absolute Gasteiger partial charge is 0.336 e. The molecule has 2 saturated heterocycles. The molecule has 4 rings (SSSR count). The maximum Gasteiger partial charge on any atom is 0.290 e. The molecule has 0 spiro atoms. The van der Waals surface area contributed by atoms with Gasteiger partial charge in [-0.1, -0.05) is 13.0 Å². The summed E-state index contributed by atoms with van der Waals surface area (Å²) in [4.78, 5) is 36.7. The van der Waals surface area contributed by atoms with E-state index in [0.717, 1.165) is 45.6 Å². The van der Waals surface area contributed by atoms with Crippen molar-refractivity contribution in [3.8, 4) is 0 Å². The van der Waals surface area contributed by atoms with E-state index in [1.54, 1.807) is 4.40 Å². The molecule has 0 aromatic carbocycles. The normalized spacial score (nSPS) is 18.9. The van der Waals surface area contributed by atoms with Gasteiger partial charge >= 0.3 is 0 Å². The Labute approximate surface area is 159 Å². The van der Waals surface area contributed by atoms with Gasteiger partial charge in [-0.05, 0) is 37.9 Å². The predicted molar refractivity (Wildman–Crippen MR) is 103 cm³/mol. The molecule has 7 heteroatoms. The van der Waals surface area contributed by atoms with Gasteiger partial charge in [0.05, 0.1) is 5.52 Å². The summed E-state index contributed by atoms with van der Waals surface area (Å²) in [5.74, 6) is 0.195. The minimum absolute atomic E-state index is 0.0767. The fourth-order valence-electron chi connectivity index (χ4n) is 4.00. The van der Waals surface area contributed by atoms with Crippen molar-refractivity contribution >= 4 is 17.3 Å². The lowest BCUT2D eigenvalue weighted by Crippen LogP contribution is -2.48. The van der Waals surface area contributed by atoms with Crippen LogP contribution in [0.25, 0.3) is 5.52 Å². The van der Waals surface area contributed by atoms with E-state index in [2.05, 4.69) is 16.8 Å². The summed E-state index contributed by atoms with van der Waals surface area (Å²) in [6.45, 7) is 7.84. The fourth-order valence-corrected chi connectivity index (χ4v) is 4.00. The van der Waals surface area contributed by atoms with Crippen molar-refractivity contribution in [2.45, 2.75) is 26.2 Å². The number of fused-ring (bicyclic) bond motifs is 1. The summed E-state index contributed by atoms with van der Waals surface area (Å²) < 4.78 is 1.77. The standard InChI is InChI=1S/C20H27N5O2/c1-2-22-12-14-24(15-13-22)19(26)17-16-8-4-7-11-25(16)18(21-17)20(27)23-9-5-3-6-10-23/h4,7-8,11H,2-3,5-6,9-10,12-15H2,1H3. The van der Waals surface area contributed by atoms with Crippen LogP contribution in [-0.2, 0) is 0 Å². The third-order valence-electron chi connectivity index (χ3n) is 5.69. The summed E-state index contributed by atoms with van der Waals surface area (Å²) in [7, 11) is 0. The average molecular weight is 369 g/mol. The van der Waals surface area contributed by atoms with Crippen LogP contribution < -0.4 is 0 Å². The second kappa shape index (κ2) is 7.68. The molecule has 0 unspecified atom stereocenters. The number of imidazole rings is 1. The Bertz CT molecular complexity index is 832. The minimum Gasteiger partial charge on any atom is -0.336 e. The Hall–Kier alpha value is -2.41. The van der Waals surface area contributed by atoms with Gasteiger partial charge in [-0.25, -0.2) is 4.98 Å². The Morgan fingerprint density at radius 3 is 2.33 bits per heavy atom.